The van der Waals surface area contributed by atoms with Crippen molar-refractivity contribution in [3.05, 3.63) is 48.0 Å². The molecule has 0 spiro atoms. The SMILES string of the molecule is CSc1cccc(NC(=O)C2CC(=O)N(c3ccc4c(c3)CCN4C(=O)C3CC3)C2)c1. The van der Waals surface area contributed by atoms with E-state index in [-0.39, 0.29) is 36.0 Å². The Hall–Kier alpha value is -2.80. The van der Waals surface area contributed by atoms with Gasteiger partial charge in [-0.3, -0.25) is 14.4 Å². The van der Waals surface area contributed by atoms with Crippen LogP contribution in [0.3, 0.4) is 0 Å². The van der Waals surface area contributed by atoms with Gasteiger partial charge in [-0.15, -0.1) is 11.8 Å². The summed E-state index contributed by atoms with van der Waals surface area (Å²) in [7, 11) is 0. The monoisotopic (exact) mass is 435 g/mol. The van der Waals surface area contributed by atoms with Crippen LogP contribution in [0.5, 0.6) is 0 Å². The zero-order chi connectivity index (χ0) is 21.5. The van der Waals surface area contributed by atoms with Gasteiger partial charge in [0, 0.05) is 47.4 Å². The summed E-state index contributed by atoms with van der Waals surface area (Å²) in [4.78, 5) is 42.6. The van der Waals surface area contributed by atoms with E-state index >= 15 is 0 Å². The number of benzene rings is 2. The van der Waals surface area contributed by atoms with Gasteiger partial charge < -0.3 is 15.1 Å². The average Bonchev–Trinajstić information content (AvgIpc) is 3.43. The largest absolute Gasteiger partial charge is 0.326 e. The maximum Gasteiger partial charge on any atom is 0.230 e. The standard InChI is InChI=1S/C24H25N3O3S/c1-31-20-4-2-3-18(13-20)25-23(29)17-12-22(28)27(14-17)19-7-8-21-16(11-19)9-10-26(21)24(30)15-5-6-15/h2-4,7-8,11,13,15,17H,5-6,9-10,12,14H2,1H3,(H,25,29). The van der Waals surface area contributed by atoms with Gasteiger partial charge in [0.05, 0.1) is 5.92 Å². The van der Waals surface area contributed by atoms with E-state index < -0.39 is 0 Å². The van der Waals surface area contributed by atoms with Crippen LogP contribution in [0, 0.1) is 11.8 Å². The molecule has 2 aromatic carbocycles. The van der Waals surface area contributed by atoms with Gasteiger partial charge in [-0.05, 0) is 67.5 Å². The fraction of sp³-hybridized carbons (Fsp3) is 0.375. The van der Waals surface area contributed by atoms with E-state index in [0.717, 1.165) is 46.8 Å². The molecular formula is C24H25N3O3S. The van der Waals surface area contributed by atoms with Crippen molar-refractivity contribution in [2.75, 3.05) is 34.5 Å². The van der Waals surface area contributed by atoms with Gasteiger partial charge in [-0.25, -0.2) is 0 Å². The molecular weight excluding hydrogens is 410 g/mol. The van der Waals surface area contributed by atoms with Crippen molar-refractivity contribution in [1.82, 2.24) is 0 Å². The normalized spacial score (nSPS) is 20.2. The molecule has 31 heavy (non-hydrogen) atoms. The lowest BCUT2D eigenvalue weighted by Gasteiger charge is -2.20. The minimum absolute atomic E-state index is 0.0399. The molecule has 3 amide bonds. The second-order valence-electron chi connectivity index (χ2n) is 8.45. The van der Waals surface area contributed by atoms with Crippen LogP contribution in [-0.2, 0) is 20.8 Å². The van der Waals surface area contributed by atoms with E-state index in [1.54, 1.807) is 16.7 Å². The fourth-order valence-electron chi connectivity index (χ4n) is 4.41. The van der Waals surface area contributed by atoms with Crippen molar-refractivity contribution >= 4 is 46.5 Å². The van der Waals surface area contributed by atoms with E-state index in [4.69, 9.17) is 0 Å². The van der Waals surface area contributed by atoms with Crippen LogP contribution < -0.4 is 15.1 Å². The average molecular weight is 436 g/mol. The van der Waals surface area contributed by atoms with Gasteiger partial charge in [0.15, 0.2) is 0 Å². The van der Waals surface area contributed by atoms with Crippen molar-refractivity contribution in [2.24, 2.45) is 11.8 Å². The highest BCUT2D eigenvalue weighted by Crippen LogP contribution is 2.38. The van der Waals surface area contributed by atoms with E-state index in [9.17, 15) is 14.4 Å². The number of hydrogen-bond acceptors (Lipinski definition) is 4. The number of carbonyl (C=O) groups is 3. The summed E-state index contributed by atoms with van der Waals surface area (Å²) in [6.07, 6.45) is 5.00. The number of anilines is 3. The minimum Gasteiger partial charge on any atom is -0.326 e. The molecule has 1 N–H and O–H groups in total. The Morgan fingerprint density at radius 1 is 1.10 bits per heavy atom. The van der Waals surface area contributed by atoms with Crippen molar-refractivity contribution in [2.45, 2.75) is 30.6 Å². The third-order valence-electron chi connectivity index (χ3n) is 6.30. The summed E-state index contributed by atoms with van der Waals surface area (Å²) in [6, 6.07) is 13.6. The van der Waals surface area contributed by atoms with Crippen LogP contribution in [0.15, 0.2) is 47.4 Å². The topological polar surface area (TPSA) is 69.7 Å². The first-order valence-corrected chi connectivity index (χ1v) is 12.0. The number of nitrogens with zero attached hydrogens (tertiary/aromatic N) is 2. The summed E-state index contributed by atoms with van der Waals surface area (Å²) in [5, 5.41) is 2.95. The number of thioether (sulfide) groups is 1. The molecule has 1 unspecified atom stereocenters. The highest BCUT2D eigenvalue weighted by Gasteiger charge is 2.38. The smallest absolute Gasteiger partial charge is 0.230 e. The maximum absolute atomic E-state index is 12.8. The van der Waals surface area contributed by atoms with Crippen molar-refractivity contribution in [3.63, 3.8) is 0 Å². The van der Waals surface area contributed by atoms with Crippen molar-refractivity contribution < 1.29 is 14.4 Å². The lowest BCUT2D eigenvalue weighted by molar-refractivity contribution is -0.122. The lowest BCUT2D eigenvalue weighted by Crippen LogP contribution is -2.30. The lowest BCUT2D eigenvalue weighted by atomic mass is 10.1. The van der Waals surface area contributed by atoms with Crippen LogP contribution in [0.25, 0.3) is 0 Å². The van der Waals surface area contributed by atoms with Gasteiger partial charge >= 0.3 is 0 Å². The Bertz CT molecular complexity index is 1070. The Labute approximate surface area is 186 Å². The quantitative estimate of drug-likeness (QED) is 0.727. The number of rotatable bonds is 5. The van der Waals surface area contributed by atoms with Crippen LogP contribution in [-0.4, -0.2) is 37.1 Å². The molecule has 1 atom stereocenters. The van der Waals surface area contributed by atoms with E-state index in [1.165, 1.54) is 0 Å². The van der Waals surface area contributed by atoms with Crippen LogP contribution in [0.4, 0.5) is 17.1 Å². The summed E-state index contributed by atoms with van der Waals surface area (Å²) in [5.41, 5.74) is 3.63. The molecule has 2 fully saturated rings. The third-order valence-corrected chi connectivity index (χ3v) is 7.02. The van der Waals surface area contributed by atoms with Gasteiger partial charge in [0.1, 0.15) is 0 Å². The number of hydrogen-bond donors (Lipinski definition) is 1. The van der Waals surface area contributed by atoms with Crippen LogP contribution >= 0.6 is 11.8 Å². The molecule has 5 rings (SSSR count). The Balaban J connectivity index is 1.28. The summed E-state index contributed by atoms with van der Waals surface area (Å²) < 4.78 is 0. The Morgan fingerprint density at radius 3 is 2.71 bits per heavy atom. The van der Waals surface area contributed by atoms with Crippen LogP contribution in [0.2, 0.25) is 0 Å². The summed E-state index contributed by atoms with van der Waals surface area (Å²) >= 11 is 1.62. The maximum atomic E-state index is 12.8. The Kier molecular flexibility index (Phi) is 5.22. The summed E-state index contributed by atoms with van der Waals surface area (Å²) in [6.45, 7) is 1.08. The number of nitrogens with one attached hydrogen (secondary N) is 1. The zero-order valence-electron chi connectivity index (χ0n) is 17.5. The predicted molar refractivity (Wildman–Crippen MR) is 123 cm³/mol. The number of carbonyl (C=O) groups excluding carboxylic acids is 3. The van der Waals surface area contributed by atoms with Gasteiger partial charge in [0.25, 0.3) is 0 Å². The van der Waals surface area contributed by atoms with Crippen molar-refractivity contribution in [1.29, 1.82) is 0 Å². The number of fused-ring (bicyclic) bond motifs is 1. The minimum atomic E-state index is -0.383. The number of amides is 3. The molecule has 2 aromatic rings. The molecule has 2 heterocycles. The highest BCUT2D eigenvalue weighted by atomic mass is 32.2. The molecule has 0 aromatic heterocycles. The molecule has 6 nitrogen and oxygen atoms in total. The van der Waals surface area contributed by atoms with Gasteiger partial charge in [0.2, 0.25) is 17.7 Å². The van der Waals surface area contributed by atoms with E-state index in [0.29, 0.717) is 13.1 Å². The molecule has 1 saturated carbocycles. The molecule has 0 bridgehead atoms. The van der Waals surface area contributed by atoms with Gasteiger partial charge in [-0.2, -0.15) is 0 Å². The second-order valence-corrected chi connectivity index (χ2v) is 9.33. The van der Waals surface area contributed by atoms with E-state index in [1.807, 2.05) is 53.6 Å². The second kappa shape index (κ2) is 8.04. The molecule has 160 valence electrons. The first-order valence-electron chi connectivity index (χ1n) is 10.7. The molecule has 3 aliphatic rings. The first kappa shape index (κ1) is 20.1. The fourth-order valence-corrected chi connectivity index (χ4v) is 4.87. The predicted octanol–water partition coefficient (Wildman–Crippen LogP) is 3.70. The third kappa shape index (κ3) is 3.94. The molecule has 1 aliphatic carbocycles. The van der Waals surface area contributed by atoms with Crippen LogP contribution in [0.1, 0.15) is 24.8 Å². The first-order chi connectivity index (χ1) is 15.0. The van der Waals surface area contributed by atoms with Gasteiger partial charge in [-0.1, -0.05) is 6.07 Å². The Morgan fingerprint density at radius 2 is 1.94 bits per heavy atom. The van der Waals surface area contributed by atoms with Crippen molar-refractivity contribution in [3.8, 4) is 0 Å². The zero-order valence-corrected chi connectivity index (χ0v) is 18.3. The summed E-state index contributed by atoms with van der Waals surface area (Å²) in [5.74, 6) is -0.127. The molecule has 7 heteroatoms. The highest BCUT2D eigenvalue weighted by molar-refractivity contribution is 7.98. The molecule has 1 saturated heterocycles. The molecule has 0 radical (unpaired) electrons. The van der Waals surface area contributed by atoms with E-state index in [2.05, 4.69) is 5.32 Å². The molecule has 2 aliphatic heterocycles.